The first-order valence-electron chi connectivity index (χ1n) is 9.51. The number of aromatic nitrogens is 2. The normalized spacial score (nSPS) is 14.0. The Morgan fingerprint density at radius 1 is 0.967 bits per heavy atom. The van der Waals surface area contributed by atoms with Crippen LogP contribution in [0, 0.1) is 11.6 Å². The van der Waals surface area contributed by atoms with Gasteiger partial charge in [-0.1, -0.05) is 6.07 Å². The van der Waals surface area contributed by atoms with Crippen molar-refractivity contribution in [1.82, 2.24) is 14.9 Å². The van der Waals surface area contributed by atoms with Gasteiger partial charge in [-0.3, -0.25) is 4.79 Å². The van der Waals surface area contributed by atoms with E-state index in [1.54, 1.807) is 7.11 Å². The first-order chi connectivity index (χ1) is 14.6. The smallest absolute Gasteiger partial charge is 0.259 e. The van der Waals surface area contributed by atoms with E-state index < -0.39 is 23.1 Å². The summed E-state index contributed by atoms with van der Waals surface area (Å²) in [5.41, 5.74) is 1.20. The SMILES string of the molecule is COc1ccc(-c2cc(N3CCN(C(=O)c4c(F)cccc4F)CC3)ncn2)cc1. The van der Waals surface area contributed by atoms with Crippen LogP contribution in [-0.4, -0.2) is 54.1 Å². The standard InChI is InChI=1S/C22H20F2N4O2/c1-30-16-7-5-15(6-8-16)19-13-20(26-14-25-19)27-9-11-28(12-10-27)22(29)21-17(23)3-2-4-18(21)24/h2-8,13-14H,9-12H2,1H3. The Hall–Kier alpha value is -3.55. The number of ether oxygens (including phenoxy) is 1. The first kappa shape index (κ1) is 19.8. The van der Waals surface area contributed by atoms with Crippen LogP contribution in [0.15, 0.2) is 54.9 Å². The average Bonchev–Trinajstić information content (AvgIpc) is 2.79. The van der Waals surface area contributed by atoms with Gasteiger partial charge >= 0.3 is 0 Å². The van der Waals surface area contributed by atoms with E-state index in [-0.39, 0.29) is 0 Å². The largest absolute Gasteiger partial charge is 0.497 e. The summed E-state index contributed by atoms with van der Waals surface area (Å²) in [6.45, 7) is 1.69. The molecule has 1 aromatic heterocycles. The third kappa shape index (κ3) is 3.94. The summed E-state index contributed by atoms with van der Waals surface area (Å²) in [4.78, 5) is 24.7. The minimum absolute atomic E-state index is 0.342. The van der Waals surface area contributed by atoms with Crippen molar-refractivity contribution in [3.05, 3.63) is 72.1 Å². The lowest BCUT2D eigenvalue weighted by Gasteiger charge is -2.35. The van der Waals surface area contributed by atoms with Crippen LogP contribution in [0.5, 0.6) is 5.75 Å². The molecule has 2 heterocycles. The predicted molar refractivity (Wildman–Crippen MR) is 108 cm³/mol. The molecule has 0 aliphatic carbocycles. The maximum Gasteiger partial charge on any atom is 0.259 e. The molecule has 30 heavy (non-hydrogen) atoms. The highest BCUT2D eigenvalue weighted by Gasteiger charge is 2.27. The highest BCUT2D eigenvalue weighted by atomic mass is 19.1. The number of carbonyl (C=O) groups excluding carboxylic acids is 1. The summed E-state index contributed by atoms with van der Waals surface area (Å²) in [5, 5.41) is 0. The van der Waals surface area contributed by atoms with Gasteiger partial charge in [0.1, 0.15) is 35.1 Å². The Balaban J connectivity index is 1.46. The number of carbonyl (C=O) groups is 1. The molecule has 0 unspecified atom stereocenters. The monoisotopic (exact) mass is 410 g/mol. The van der Waals surface area contributed by atoms with Gasteiger partial charge < -0.3 is 14.5 Å². The van der Waals surface area contributed by atoms with E-state index in [0.717, 1.165) is 35.0 Å². The van der Waals surface area contributed by atoms with Gasteiger partial charge in [-0.05, 0) is 36.4 Å². The lowest BCUT2D eigenvalue weighted by atomic mass is 10.1. The highest BCUT2D eigenvalue weighted by molar-refractivity contribution is 5.95. The summed E-state index contributed by atoms with van der Waals surface area (Å²) in [6, 6.07) is 12.9. The van der Waals surface area contributed by atoms with E-state index in [1.165, 1.54) is 17.3 Å². The van der Waals surface area contributed by atoms with Gasteiger partial charge in [0, 0.05) is 37.8 Å². The molecule has 154 valence electrons. The van der Waals surface area contributed by atoms with Crippen molar-refractivity contribution in [2.24, 2.45) is 0 Å². The summed E-state index contributed by atoms with van der Waals surface area (Å²) in [5.74, 6) is -0.823. The van der Waals surface area contributed by atoms with Gasteiger partial charge in [-0.25, -0.2) is 18.7 Å². The van der Waals surface area contributed by atoms with Crippen molar-refractivity contribution in [2.75, 3.05) is 38.2 Å². The molecule has 0 atom stereocenters. The van der Waals surface area contributed by atoms with Crippen molar-refractivity contribution in [3.63, 3.8) is 0 Å². The Morgan fingerprint density at radius 3 is 2.27 bits per heavy atom. The third-order valence-corrected chi connectivity index (χ3v) is 5.11. The molecule has 0 radical (unpaired) electrons. The minimum Gasteiger partial charge on any atom is -0.497 e. The fourth-order valence-corrected chi connectivity index (χ4v) is 3.44. The van der Waals surface area contributed by atoms with Gasteiger partial charge in [0.05, 0.1) is 12.8 Å². The summed E-state index contributed by atoms with van der Waals surface area (Å²) < 4.78 is 33.0. The third-order valence-electron chi connectivity index (χ3n) is 5.11. The molecule has 0 saturated carbocycles. The molecule has 3 aromatic rings. The number of rotatable bonds is 4. The summed E-state index contributed by atoms with van der Waals surface area (Å²) in [6.07, 6.45) is 1.50. The number of anilines is 1. The number of hydrogen-bond donors (Lipinski definition) is 0. The van der Waals surface area contributed by atoms with Gasteiger partial charge in [0.25, 0.3) is 5.91 Å². The van der Waals surface area contributed by atoms with Gasteiger partial charge in [-0.15, -0.1) is 0 Å². The van der Waals surface area contributed by atoms with E-state index >= 15 is 0 Å². The maximum absolute atomic E-state index is 13.9. The van der Waals surface area contributed by atoms with Crippen LogP contribution < -0.4 is 9.64 Å². The highest BCUT2D eigenvalue weighted by Crippen LogP contribution is 2.24. The molecular formula is C22H20F2N4O2. The van der Waals surface area contributed by atoms with Crippen molar-refractivity contribution < 1.29 is 18.3 Å². The van der Waals surface area contributed by atoms with E-state index in [0.29, 0.717) is 26.2 Å². The number of methoxy groups -OCH3 is 1. The fraction of sp³-hybridized carbons (Fsp3) is 0.227. The van der Waals surface area contributed by atoms with Crippen molar-refractivity contribution in [2.45, 2.75) is 0 Å². The molecule has 1 amide bonds. The number of halogens is 2. The second kappa shape index (κ2) is 8.44. The molecule has 0 N–H and O–H groups in total. The quantitative estimate of drug-likeness (QED) is 0.660. The van der Waals surface area contributed by atoms with E-state index in [4.69, 9.17) is 4.74 Å². The van der Waals surface area contributed by atoms with E-state index in [1.807, 2.05) is 35.2 Å². The van der Waals surface area contributed by atoms with Crippen LogP contribution in [0.3, 0.4) is 0 Å². The van der Waals surface area contributed by atoms with Crippen LogP contribution >= 0.6 is 0 Å². The fourth-order valence-electron chi connectivity index (χ4n) is 3.44. The minimum atomic E-state index is -0.845. The molecular weight excluding hydrogens is 390 g/mol. The van der Waals surface area contributed by atoms with Crippen LogP contribution in [-0.2, 0) is 0 Å². The number of amides is 1. The molecule has 1 saturated heterocycles. The first-order valence-corrected chi connectivity index (χ1v) is 9.51. The zero-order valence-corrected chi connectivity index (χ0v) is 16.4. The molecule has 1 aliphatic heterocycles. The predicted octanol–water partition coefficient (Wildman–Crippen LogP) is 3.39. The topological polar surface area (TPSA) is 58.6 Å². The number of piperazine rings is 1. The molecule has 2 aromatic carbocycles. The van der Waals surface area contributed by atoms with Crippen LogP contribution in [0.4, 0.5) is 14.6 Å². The van der Waals surface area contributed by atoms with Crippen molar-refractivity contribution >= 4 is 11.7 Å². The second-order valence-corrected chi connectivity index (χ2v) is 6.87. The Morgan fingerprint density at radius 2 is 1.63 bits per heavy atom. The van der Waals surface area contributed by atoms with Crippen LogP contribution in [0.2, 0.25) is 0 Å². The number of benzene rings is 2. The van der Waals surface area contributed by atoms with Crippen molar-refractivity contribution in [1.29, 1.82) is 0 Å². The Kier molecular flexibility index (Phi) is 5.56. The number of hydrogen-bond acceptors (Lipinski definition) is 5. The van der Waals surface area contributed by atoms with Gasteiger partial charge in [0.2, 0.25) is 0 Å². The molecule has 8 heteroatoms. The maximum atomic E-state index is 13.9. The molecule has 0 spiro atoms. The zero-order valence-electron chi connectivity index (χ0n) is 16.4. The molecule has 1 aliphatic rings. The van der Waals surface area contributed by atoms with Crippen LogP contribution in [0.1, 0.15) is 10.4 Å². The number of nitrogens with zero attached hydrogens (tertiary/aromatic N) is 4. The second-order valence-electron chi connectivity index (χ2n) is 6.87. The molecule has 0 bridgehead atoms. The zero-order chi connectivity index (χ0) is 21.1. The molecule has 4 rings (SSSR count). The molecule has 1 fully saturated rings. The van der Waals surface area contributed by atoms with Gasteiger partial charge in [0.15, 0.2) is 0 Å². The van der Waals surface area contributed by atoms with Gasteiger partial charge in [-0.2, -0.15) is 0 Å². The molecule has 6 nitrogen and oxygen atoms in total. The summed E-state index contributed by atoms with van der Waals surface area (Å²) >= 11 is 0. The lowest BCUT2D eigenvalue weighted by Crippen LogP contribution is -2.49. The lowest BCUT2D eigenvalue weighted by molar-refractivity contribution is 0.0736. The average molecular weight is 410 g/mol. The summed E-state index contributed by atoms with van der Waals surface area (Å²) in [7, 11) is 1.61. The Bertz CT molecular complexity index is 1030. The van der Waals surface area contributed by atoms with Crippen LogP contribution in [0.25, 0.3) is 11.3 Å². The Labute approximate surface area is 172 Å². The van der Waals surface area contributed by atoms with E-state index in [9.17, 15) is 13.6 Å². The van der Waals surface area contributed by atoms with E-state index in [2.05, 4.69) is 9.97 Å². The van der Waals surface area contributed by atoms with Crippen molar-refractivity contribution in [3.8, 4) is 17.0 Å².